The number of anilines is 2. The third-order valence-corrected chi connectivity index (χ3v) is 5.71. The van der Waals surface area contributed by atoms with Crippen LogP contribution in [0.25, 0.3) is 22.8 Å². The maximum absolute atomic E-state index is 12.5. The standard InChI is InChI=1S/C26H33N5O3/c1-5-12-28-22-9-8-20(16-21(22)27)24-29-23(30-34-24)19-7-6-17-10-13-31(14-11-18(17)15-19)25(32)33-26(2,3)4/h6-9,15-16,28H,5,10-14,27H2,1-4H3. The minimum Gasteiger partial charge on any atom is -0.444 e. The van der Waals surface area contributed by atoms with E-state index in [1.807, 2.05) is 45.0 Å². The van der Waals surface area contributed by atoms with Gasteiger partial charge in [-0.05, 0) is 75.4 Å². The van der Waals surface area contributed by atoms with Gasteiger partial charge in [0.2, 0.25) is 5.82 Å². The Balaban J connectivity index is 1.49. The van der Waals surface area contributed by atoms with E-state index in [4.69, 9.17) is 15.0 Å². The number of hydrogen-bond acceptors (Lipinski definition) is 7. The third-order valence-electron chi connectivity index (χ3n) is 5.71. The van der Waals surface area contributed by atoms with E-state index in [0.29, 0.717) is 30.5 Å². The van der Waals surface area contributed by atoms with Gasteiger partial charge in [-0.25, -0.2) is 4.79 Å². The van der Waals surface area contributed by atoms with Crippen LogP contribution in [-0.2, 0) is 17.6 Å². The van der Waals surface area contributed by atoms with Crippen molar-refractivity contribution in [2.75, 3.05) is 30.7 Å². The SMILES string of the molecule is CCCNc1ccc(-c2nc(-c3ccc4c(c3)CCN(C(=O)OC(C)(C)C)CC4)no2)cc1N. The summed E-state index contributed by atoms with van der Waals surface area (Å²) in [6.45, 7) is 9.87. The molecule has 3 aromatic rings. The van der Waals surface area contributed by atoms with E-state index >= 15 is 0 Å². The lowest BCUT2D eigenvalue weighted by Gasteiger charge is -2.26. The predicted octanol–water partition coefficient (Wildman–Crippen LogP) is 5.14. The first-order chi connectivity index (χ1) is 16.2. The number of amides is 1. The Morgan fingerprint density at radius 3 is 2.56 bits per heavy atom. The Labute approximate surface area is 200 Å². The van der Waals surface area contributed by atoms with E-state index < -0.39 is 5.60 Å². The van der Waals surface area contributed by atoms with E-state index in [0.717, 1.165) is 42.6 Å². The summed E-state index contributed by atoms with van der Waals surface area (Å²) < 4.78 is 11.1. The lowest BCUT2D eigenvalue weighted by molar-refractivity contribution is 0.0258. The van der Waals surface area contributed by atoms with Crippen molar-refractivity contribution in [3.63, 3.8) is 0 Å². The minimum absolute atomic E-state index is 0.265. The molecule has 0 atom stereocenters. The van der Waals surface area contributed by atoms with Crippen molar-refractivity contribution in [1.29, 1.82) is 0 Å². The summed E-state index contributed by atoms with van der Waals surface area (Å²) in [5.74, 6) is 0.951. The highest BCUT2D eigenvalue weighted by Crippen LogP contribution is 2.29. The van der Waals surface area contributed by atoms with Crippen LogP contribution in [0.2, 0.25) is 0 Å². The van der Waals surface area contributed by atoms with Crippen LogP contribution in [-0.4, -0.2) is 46.4 Å². The second kappa shape index (κ2) is 9.75. The van der Waals surface area contributed by atoms with Gasteiger partial charge in [0.15, 0.2) is 0 Å². The van der Waals surface area contributed by atoms with Gasteiger partial charge < -0.3 is 25.2 Å². The van der Waals surface area contributed by atoms with Crippen LogP contribution in [0.1, 0.15) is 45.2 Å². The van der Waals surface area contributed by atoms with Crippen molar-refractivity contribution in [3.05, 3.63) is 47.5 Å². The molecule has 3 N–H and O–H groups in total. The molecule has 8 nitrogen and oxygen atoms in total. The number of nitrogens with zero attached hydrogens (tertiary/aromatic N) is 3. The molecule has 1 amide bonds. The van der Waals surface area contributed by atoms with Crippen LogP contribution in [0.3, 0.4) is 0 Å². The number of nitrogen functional groups attached to an aromatic ring is 1. The van der Waals surface area contributed by atoms with Crippen molar-refractivity contribution in [2.24, 2.45) is 0 Å². The lowest BCUT2D eigenvalue weighted by atomic mass is 10.00. The van der Waals surface area contributed by atoms with Gasteiger partial charge in [-0.15, -0.1) is 0 Å². The van der Waals surface area contributed by atoms with Crippen LogP contribution in [0.4, 0.5) is 16.2 Å². The number of benzene rings is 2. The average molecular weight is 464 g/mol. The molecule has 0 unspecified atom stereocenters. The average Bonchev–Trinajstić information content (AvgIpc) is 3.18. The Hall–Kier alpha value is -3.55. The Morgan fingerprint density at radius 2 is 1.85 bits per heavy atom. The smallest absolute Gasteiger partial charge is 0.410 e. The van der Waals surface area contributed by atoms with Gasteiger partial charge in [-0.1, -0.05) is 24.2 Å². The predicted molar refractivity (Wildman–Crippen MR) is 134 cm³/mol. The van der Waals surface area contributed by atoms with Gasteiger partial charge in [0.25, 0.3) is 5.89 Å². The quantitative estimate of drug-likeness (QED) is 0.504. The molecule has 0 saturated heterocycles. The fraction of sp³-hybridized carbons (Fsp3) is 0.423. The fourth-order valence-electron chi connectivity index (χ4n) is 3.95. The zero-order chi connectivity index (χ0) is 24.3. The molecule has 0 radical (unpaired) electrons. The summed E-state index contributed by atoms with van der Waals surface area (Å²) in [7, 11) is 0. The van der Waals surface area contributed by atoms with Crippen molar-refractivity contribution < 1.29 is 14.1 Å². The van der Waals surface area contributed by atoms with Gasteiger partial charge in [-0.2, -0.15) is 4.98 Å². The number of aromatic nitrogens is 2. The number of nitrogens with two attached hydrogens (primary N) is 1. The van der Waals surface area contributed by atoms with E-state index in [9.17, 15) is 4.79 Å². The highest BCUT2D eigenvalue weighted by atomic mass is 16.6. The van der Waals surface area contributed by atoms with Crippen molar-refractivity contribution >= 4 is 17.5 Å². The molecule has 1 aromatic heterocycles. The maximum atomic E-state index is 12.5. The number of carbonyl (C=O) groups is 1. The number of rotatable bonds is 5. The van der Waals surface area contributed by atoms with E-state index in [1.54, 1.807) is 4.90 Å². The number of nitrogens with one attached hydrogen (secondary N) is 1. The van der Waals surface area contributed by atoms with E-state index in [-0.39, 0.29) is 6.09 Å². The molecule has 1 aliphatic heterocycles. The summed E-state index contributed by atoms with van der Waals surface area (Å²) in [5, 5.41) is 7.50. The molecule has 0 spiro atoms. The summed E-state index contributed by atoms with van der Waals surface area (Å²) in [4.78, 5) is 18.9. The Kier molecular flexibility index (Phi) is 6.77. The Bertz CT molecular complexity index is 1170. The minimum atomic E-state index is -0.503. The second-order valence-electron chi connectivity index (χ2n) is 9.60. The van der Waals surface area contributed by atoms with Crippen LogP contribution < -0.4 is 11.1 Å². The largest absolute Gasteiger partial charge is 0.444 e. The molecule has 1 aliphatic rings. The fourth-order valence-corrected chi connectivity index (χ4v) is 3.95. The summed E-state index contributed by atoms with van der Waals surface area (Å²) in [6.07, 6.45) is 2.28. The van der Waals surface area contributed by atoms with E-state index in [1.165, 1.54) is 11.1 Å². The molecule has 4 rings (SSSR count). The van der Waals surface area contributed by atoms with Crippen molar-refractivity contribution in [2.45, 2.75) is 52.6 Å². The molecular weight excluding hydrogens is 430 g/mol. The van der Waals surface area contributed by atoms with Crippen LogP contribution in [0, 0.1) is 0 Å². The number of ether oxygens (including phenoxy) is 1. The third kappa shape index (κ3) is 5.50. The number of fused-ring (bicyclic) bond motifs is 1. The first-order valence-corrected chi connectivity index (χ1v) is 11.8. The van der Waals surface area contributed by atoms with Gasteiger partial charge in [0.05, 0.1) is 11.4 Å². The normalized spacial score (nSPS) is 13.8. The highest BCUT2D eigenvalue weighted by Gasteiger charge is 2.24. The number of carbonyl (C=O) groups excluding carboxylic acids is 1. The monoisotopic (exact) mass is 463 g/mol. The molecule has 2 aromatic carbocycles. The van der Waals surface area contributed by atoms with Crippen LogP contribution in [0.5, 0.6) is 0 Å². The zero-order valence-electron chi connectivity index (χ0n) is 20.4. The summed E-state index contributed by atoms with van der Waals surface area (Å²) in [5.41, 5.74) is 11.3. The second-order valence-corrected chi connectivity index (χ2v) is 9.60. The zero-order valence-corrected chi connectivity index (χ0v) is 20.4. The van der Waals surface area contributed by atoms with E-state index in [2.05, 4.69) is 34.5 Å². The summed E-state index contributed by atoms with van der Waals surface area (Å²) >= 11 is 0. The molecule has 180 valence electrons. The molecule has 34 heavy (non-hydrogen) atoms. The Morgan fingerprint density at radius 1 is 1.12 bits per heavy atom. The first kappa shape index (κ1) is 23.6. The molecule has 0 aliphatic carbocycles. The number of hydrogen-bond donors (Lipinski definition) is 2. The van der Waals surface area contributed by atoms with Gasteiger partial charge >= 0.3 is 6.09 Å². The molecule has 0 fully saturated rings. The first-order valence-electron chi connectivity index (χ1n) is 11.8. The van der Waals surface area contributed by atoms with Crippen LogP contribution in [0.15, 0.2) is 40.9 Å². The molecule has 8 heteroatoms. The van der Waals surface area contributed by atoms with Gasteiger partial charge in [0.1, 0.15) is 5.60 Å². The van der Waals surface area contributed by atoms with Gasteiger partial charge in [-0.3, -0.25) is 0 Å². The topological polar surface area (TPSA) is 107 Å². The van der Waals surface area contributed by atoms with Gasteiger partial charge in [0, 0.05) is 30.8 Å². The van der Waals surface area contributed by atoms with Crippen LogP contribution >= 0.6 is 0 Å². The highest BCUT2D eigenvalue weighted by molar-refractivity contribution is 5.73. The lowest BCUT2D eigenvalue weighted by Crippen LogP contribution is -2.38. The van der Waals surface area contributed by atoms with Crippen molar-refractivity contribution in [1.82, 2.24) is 15.0 Å². The molecular formula is C26H33N5O3. The summed E-state index contributed by atoms with van der Waals surface area (Å²) in [6, 6.07) is 11.9. The molecule has 0 bridgehead atoms. The van der Waals surface area contributed by atoms with Crippen molar-refractivity contribution in [3.8, 4) is 22.8 Å². The molecule has 0 saturated carbocycles. The maximum Gasteiger partial charge on any atom is 0.410 e. The molecule has 2 heterocycles.